The first-order chi connectivity index (χ1) is 11.2. The number of aliphatic hydroxyl groups excluding tert-OH is 1. The Hall–Kier alpha value is -0.660. The summed E-state index contributed by atoms with van der Waals surface area (Å²) < 4.78 is 12.1. The van der Waals surface area contributed by atoms with Gasteiger partial charge in [-0.1, -0.05) is 19.1 Å². The van der Waals surface area contributed by atoms with Crippen molar-refractivity contribution in [2.24, 2.45) is 0 Å². The maximum atomic E-state index is 10.1. The molecule has 1 fully saturated rings. The second-order valence-electron chi connectivity index (χ2n) is 5.74. The van der Waals surface area contributed by atoms with Crippen LogP contribution in [0.2, 0.25) is 0 Å². The summed E-state index contributed by atoms with van der Waals surface area (Å²) in [4.78, 5) is 4.73. The lowest BCUT2D eigenvalue weighted by Gasteiger charge is -2.34. The monoisotopic (exact) mass is 386 g/mol. The minimum absolute atomic E-state index is 0.354. The molecule has 6 heteroatoms. The molecule has 0 aromatic heterocycles. The molecule has 0 aliphatic carbocycles. The minimum Gasteiger partial charge on any atom is -0.490 e. The van der Waals surface area contributed by atoms with Crippen LogP contribution in [0.15, 0.2) is 28.7 Å². The van der Waals surface area contributed by atoms with Gasteiger partial charge in [-0.3, -0.25) is 4.90 Å². The molecule has 0 bridgehead atoms. The van der Waals surface area contributed by atoms with Gasteiger partial charge in [0, 0.05) is 32.7 Å². The highest BCUT2D eigenvalue weighted by atomic mass is 79.9. The highest BCUT2D eigenvalue weighted by Crippen LogP contribution is 2.23. The molecule has 1 heterocycles. The predicted octanol–water partition coefficient (Wildman–Crippen LogP) is 1.84. The third kappa shape index (κ3) is 6.77. The van der Waals surface area contributed by atoms with E-state index < -0.39 is 6.10 Å². The van der Waals surface area contributed by atoms with Crippen LogP contribution in [0.3, 0.4) is 0 Å². The van der Waals surface area contributed by atoms with E-state index in [0.29, 0.717) is 26.4 Å². The Kier molecular flexibility index (Phi) is 8.33. The van der Waals surface area contributed by atoms with Gasteiger partial charge in [-0.25, -0.2) is 0 Å². The number of aliphatic hydroxyl groups is 1. The van der Waals surface area contributed by atoms with Crippen LogP contribution in [0.4, 0.5) is 0 Å². The zero-order valence-corrected chi connectivity index (χ0v) is 15.4. The Labute approximate surface area is 147 Å². The zero-order valence-electron chi connectivity index (χ0n) is 13.8. The Morgan fingerprint density at radius 3 is 2.52 bits per heavy atom. The molecule has 23 heavy (non-hydrogen) atoms. The molecule has 1 atom stereocenters. The maximum absolute atomic E-state index is 10.1. The van der Waals surface area contributed by atoms with E-state index in [0.717, 1.165) is 42.9 Å². The van der Waals surface area contributed by atoms with E-state index in [-0.39, 0.29) is 0 Å². The van der Waals surface area contributed by atoms with Gasteiger partial charge in [0.25, 0.3) is 0 Å². The normalized spacial score (nSPS) is 18.0. The number of rotatable bonds is 9. The fourth-order valence-corrected chi connectivity index (χ4v) is 3.03. The van der Waals surface area contributed by atoms with Crippen LogP contribution in [0.5, 0.6) is 5.75 Å². The quantitative estimate of drug-likeness (QED) is 0.656. The number of benzene rings is 1. The third-order valence-electron chi connectivity index (χ3n) is 4.01. The molecular weight excluding hydrogens is 360 g/mol. The van der Waals surface area contributed by atoms with Crippen LogP contribution in [0.25, 0.3) is 0 Å². The van der Waals surface area contributed by atoms with Gasteiger partial charge in [0.2, 0.25) is 0 Å². The Morgan fingerprint density at radius 2 is 1.83 bits per heavy atom. The van der Waals surface area contributed by atoms with E-state index in [1.807, 2.05) is 24.3 Å². The van der Waals surface area contributed by atoms with Gasteiger partial charge in [0.15, 0.2) is 0 Å². The third-order valence-corrected chi connectivity index (χ3v) is 4.67. The van der Waals surface area contributed by atoms with Crippen molar-refractivity contribution in [1.82, 2.24) is 9.80 Å². The Bertz CT molecular complexity index is 453. The summed E-state index contributed by atoms with van der Waals surface area (Å²) >= 11 is 3.44. The summed E-state index contributed by atoms with van der Waals surface area (Å²) in [7, 11) is 0. The largest absolute Gasteiger partial charge is 0.490 e. The van der Waals surface area contributed by atoms with Crippen LogP contribution in [-0.2, 0) is 4.74 Å². The second kappa shape index (κ2) is 10.3. The van der Waals surface area contributed by atoms with Gasteiger partial charge in [0.1, 0.15) is 12.4 Å². The molecule has 5 nitrogen and oxygen atoms in total. The van der Waals surface area contributed by atoms with Crippen LogP contribution >= 0.6 is 15.9 Å². The molecule has 1 aliphatic rings. The Balaban J connectivity index is 1.53. The van der Waals surface area contributed by atoms with Crippen molar-refractivity contribution in [3.63, 3.8) is 0 Å². The lowest BCUT2D eigenvalue weighted by atomic mass is 10.2. The molecule has 1 aromatic rings. The van der Waals surface area contributed by atoms with Crippen molar-refractivity contribution in [3.8, 4) is 5.75 Å². The summed E-state index contributed by atoms with van der Waals surface area (Å²) in [6.45, 7) is 9.51. The van der Waals surface area contributed by atoms with Crippen molar-refractivity contribution >= 4 is 15.9 Å². The van der Waals surface area contributed by atoms with Gasteiger partial charge in [-0.2, -0.15) is 0 Å². The van der Waals surface area contributed by atoms with E-state index >= 15 is 0 Å². The fraction of sp³-hybridized carbons (Fsp3) is 0.647. The fourth-order valence-electron chi connectivity index (χ4n) is 2.63. The van der Waals surface area contributed by atoms with Crippen molar-refractivity contribution in [1.29, 1.82) is 0 Å². The topological polar surface area (TPSA) is 45.2 Å². The maximum Gasteiger partial charge on any atom is 0.133 e. The van der Waals surface area contributed by atoms with E-state index in [2.05, 4.69) is 32.7 Å². The summed E-state index contributed by atoms with van der Waals surface area (Å²) in [6, 6.07) is 7.74. The molecule has 0 saturated carbocycles. The van der Waals surface area contributed by atoms with Gasteiger partial charge < -0.3 is 19.5 Å². The lowest BCUT2D eigenvalue weighted by molar-refractivity contribution is 0.000342. The SMILES string of the molecule is CCN1CCN(CC(O)COCCOc2ccccc2Br)CC1. The molecule has 1 aromatic carbocycles. The number of para-hydroxylation sites is 1. The molecule has 0 spiro atoms. The van der Waals surface area contributed by atoms with E-state index in [1.54, 1.807) is 0 Å². The lowest BCUT2D eigenvalue weighted by Crippen LogP contribution is -2.48. The standard InChI is InChI=1S/C17H27BrN2O3/c1-2-19-7-9-20(10-8-19)13-15(21)14-22-11-12-23-17-6-4-3-5-16(17)18/h3-6,15,21H,2,7-14H2,1H3. The number of β-amino-alcohol motifs (C(OH)–C–C–N with tert-alkyl or cyclic N) is 1. The zero-order chi connectivity index (χ0) is 16.5. The minimum atomic E-state index is -0.438. The van der Waals surface area contributed by atoms with E-state index in [4.69, 9.17) is 9.47 Å². The van der Waals surface area contributed by atoms with Crippen molar-refractivity contribution in [2.45, 2.75) is 13.0 Å². The molecule has 2 rings (SSSR count). The first-order valence-corrected chi connectivity index (χ1v) is 9.06. The number of nitrogens with zero attached hydrogens (tertiary/aromatic N) is 2. The highest BCUT2D eigenvalue weighted by Gasteiger charge is 2.18. The van der Waals surface area contributed by atoms with Crippen LogP contribution in [0, 0.1) is 0 Å². The van der Waals surface area contributed by atoms with E-state index in [1.165, 1.54) is 0 Å². The molecule has 1 saturated heterocycles. The number of halogens is 1. The summed E-state index contributed by atoms with van der Waals surface area (Å²) in [5, 5.41) is 10.1. The molecule has 130 valence electrons. The number of likely N-dealkylation sites (N-methyl/N-ethyl adjacent to an activating group) is 1. The van der Waals surface area contributed by atoms with Crippen LogP contribution < -0.4 is 4.74 Å². The molecular formula is C17H27BrN2O3. The molecule has 1 N–H and O–H groups in total. The molecule has 1 aliphatic heterocycles. The van der Waals surface area contributed by atoms with Gasteiger partial charge in [-0.05, 0) is 34.6 Å². The van der Waals surface area contributed by atoms with Crippen molar-refractivity contribution in [2.75, 3.05) is 59.1 Å². The van der Waals surface area contributed by atoms with Gasteiger partial charge >= 0.3 is 0 Å². The summed E-state index contributed by atoms with van der Waals surface area (Å²) in [6.07, 6.45) is -0.438. The number of hydrogen-bond acceptors (Lipinski definition) is 5. The second-order valence-corrected chi connectivity index (χ2v) is 6.60. The smallest absolute Gasteiger partial charge is 0.133 e. The molecule has 1 unspecified atom stereocenters. The van der Waals surface area contributed by atoms with Crippen molar-refractivity contribution < 1.29 is 14.6 Å². The van der Waals surface area contributed by atoms with Gasteiger partial charge in [-0.15, -0.1) is 0 Å². The average Bonchev–Trinajstić information content (AvgIpc) is 2.57. The highest BCUT2D eigenvalue weighted by molar-refractivity contribution is 9.10. The summed E-state index contributed by atoms with van der Waals surface area (Å²) in [5.74, 6) is 0.811. The number of ether oxygens (including phenoxy) is 2. The van der Waals surface area contributed by atoms with Gasteiger partial charge in [0.05, 0.1) is 23.8 Å². The van der Waals surface area contributed by atoms with E-state index in [9.17, 15) is 5.11 Å². The molecule has 0 radical (unpaired) electrons. The van der Waals surface area contributed by atoms with Crippen LogP contribution in [0.1, 0.15) is 6.92 Å². The first-order valence-electron chi connectivity index (χ1n) is 8.27. The number of piperazine rings is 1. The first kappa shape index (κ1) is 18.7. The molecule has 0 amide bonds. The number of hydrogen-bond donors (Lipinski definition) is 1. The van der Waals surface area contributed by atoms with Crippen LogP contribution in [-0.4, -0.2) is 80.1 Å². The summed E-state index contributed by atoms with van der Waals surface area (Å²) in [5.41, 5.74) is 0. The Morgan fingerprint density at radius 1 is 1.13 bits per heavy atom. The predicted molar refractivity (Wildman–Crippen MR) is 95.0 cm³/mol. The average molecular weight is 387 g/mol. The van der Waals surface area contributed by atoms with Crippen molar-refractivity contribution in [3.05, 3.63) is 28.7 Å².